The Balaban J connectivity index is 2.14. The SMILES string of the molecule is CCC(N)C(c1ccco1)N1CCSC(C)(C)CC1. The largest absolute Gasteiger partial charge is 0.468 e. The summed E-state index contributed by atoms with van der Waals surface area (Å²) in [4.78, 5) is 2.51. The van der Waals surface area contributed by atoms with Gasteiger partial charge in [-0.15, -0.1) is 0 Å². The van der Waals surface area contributed by atoms with Gasteiger partial charge in [0.25, 0.3) is 0 Å². The topological polar surface area (TPSA) is 42.4 Å². The van der Waals surface area contributed by atoms with Crippen molar-refractivity contribution in [3.05, 3.63) is 24.2 Å². The van der Waals surface area contributed by atoms with Crippen molar-refractivity contribution >= 4 is 11.8 Å². The van der Waals surface area contributed by atoms with E-state index in [0.717, 1.165) is 25.3 Å². The average Bonchev–Trinajstić information content (AvgIpc) is 2.82. The second-order valence-corrected chi connectivity index (χ2v) is 7.73. The molecule has 1 aliphatic heterocycles. The Kier molecular flexibility index (Phi) is 4.98. The van der Waals surface area contributed by atoms with E-state index in [-0.39, 0.29) is 12.1 Å². The van der Waals surface area contributed by atoms with Crippen molar-refractivity contribution in [2.75, 3.05) is 18.8 Å². The van der Waals surface area contributed by atoms with Gasteiger partial charge in [0.1, 0.15) is 5.76 Å². The van der Waals surface area contributed by atoms with Gasteiger partial charge in [-0.25, -0.2) is 0 Å². The molecule has 0 aromatic carbocycles. The highest BCUT2D eigenvalue weighted by Gasteiger charge is 2.32. The van der Waals surface area contributed by atoms with E-state index >= 15 is 0 Å². The number of thioether (sulfide) groups is 1. The molecule has 1 saturated heterocycles. The Morgan fingerprint density at radius 3 is 2.89 bits per heavy atom. The number of hydrogen-bond donors (Lipinski definition) is 1. The van der Waals surface area contributed by atoms with Gasteiger partial charge in [0.15, 0.2) is 0 Å². The third-order valence-electron chi connectivity index (χ3n) is 3.98. The zero-order chi connectivity index (χ0) is 13.9. The maximum atomic E-state index is 6.35. The number of hydrogen-bond acceptors (Lipinski definition) is 4. The molecule has 1 aliphatic rings. The van der Waals surface area contributed by atoms with Crippen LogP contribution in [0, 0.1) is 0 Å². The van der Waals surface area contributed by atoms with Gasteiger partial charge in [-0.05, 0) is 25.0 Å². The zero-order valence-corrected chi connectivity index (χ0v) is 13.1. The molecule has 1 aromatic heterocycles. The molecule has 0 amide bonds. The molecule has 108 valence electrons. The minimum absolute atomic E-state index is 0.136. The van der Waals surface area contributed by atoms with Crippen LogP contribution in [0.25, 0.3) is 0 Å². The molecule has 2 unspecified atom stereocenters. The molecule has 0 spiro atoms. The monoisotopic (exact) mass is 282 g/mol. The molecule has 0 radical (unpaired) electrons. The molecule has 0 saturated carbocycles. The highest BCUT2D eigenvalue weighted by Crippen LogP contribution is 2.34. The van der Waals surface area contributed by atoms with E-state index in [1.54, 1.807) is 6.26 Å². The predicted octanol–water partition coefficient (Wildman–Crippen LogP) is 3.28. The second-order valence-electron chi connectivity index (χ2n) is 5.93. The molecular formula is C15H26N2OS. The summed E-state index contributed by atoms with van der Waals surface area (Å²) in [6, 6.07) is 4.37. The van der Waals surface area contributed by atoms with Crippen LogP contribution in [0.1, 0.15) is 45.4 Å². The van der Waals surface area contributed by atoms with E-state index in [0.29, 0.717) is 4.75 Å². The molecule has 1 aromatic rings. The second kappa shape index (κ2) is 6.33. The average molecular weight is 282 g/mol. The lowest BCUT2D eigenvalue weighted by Crippen LogP contribution is -2.42. The third-order valence-corrected chi connectivity index (χ3v) is 5.35. The molecule has 3 nitrogen and oxygen atoms in total. The fourth-order valence-corrected chi connectivity index (χ4v) is 3.77. The van der Waals surface area contributed by atoms with Gasteiger partial charge in [-0.1, -0.05) is 20.8 Å². The Morgan fingerprint density at radius 1 is 1.47 bits per heavy atom. The smallest absolute Gasteiger partial charge is 0.122 e. The Labute approximate surface area is 120 Å². The summed E-state index contributed by atoms with van der Waals surface area (Å²) >= 11 is 2.07. The molecule has 0 aliphatic carbocycles. The van der Waals surface area contributed by atoms with Crippen molar-refractivity contribution in [1.82, 2.24) is 4.90 Å². The molecular weight excluding hydrogens is 256 g/mol. The lowest BCUT2D eigenvalue weighted by Gasteiger charge is -2.33. The summed E-state index contributed by atoms with van der Waals surface area (Å²) in [7, 11) is 0. The van der Waals surface area contributed by atoms with Gasteiger partial charge < -0.3 is 10.2 Å². The number of nitrogens with zero attached hydrogens (tertiary/aromatic N) is 1. The van der Waals surface area contributed by atoms with Crippen molar-refractivity contribution in [1.29, 1.82) is 0 Å². The standard InChI is InChI=1S/C15H26N2OS/c1-4-12(16)14(13-6-5-10-18-13)17-8-7-15(2,3)19-11-9-17/h5-6,10,12,14H,4,7-9,11,16H2,1-3H3. The van der Waals surface area contributed by atoms with Gasteiger partial charge in [-0.2, -0.15) is 11.8 Å². The maximum absolute atomic E-state index is 6.35. The van der Waals surface area contributed by atoms with E-state index < -0.39 is 0 Å². The van der Waals surface area contributed by atoms with Crippen LogP contribution >= 0.6 is 11.8 Å². The molecule has 2 rings (SSSR count). The predicted molar refractivity (Wildman–Crippen MR) is 82.4 cm³/mol. The highest BCUT2D eigenvalue weighted by molar-refractivity contribution is 8.00. The Morgan fingerprint density at radius 2 is 2.26 bits per heavy atom. The fraction of sp³-hybridized carbons (Fsp3) is 0.733. The van der Waals surface area contributed by atoms with E-state index in [1.165, 1.54) is 12.2 Å². The molecule has 1 fully saturated rings. The van der Waals surface area contributed by atoms with Crippen LogP contribution in [-0.4, -0.2) is 34.5 Å². The van der Waals surface area contributed by atoms with Crippen molar-refractivity contribution in [3.8, 4) is 0 Å². The summed E-state index contributed by atoms with van der Waals surface area (Å²) in [6.07, 6.45) is 3.92. The van der Waals surface area contributed by atoms with Gasteiger partial charge in [0.2, 0.25) is 0 Å². The lowest BCUT2D eigenvalue weighted by molar-refractivity contribution is 0.155. The Hall–Kier alpha value is -0.450. The van der Waals surface area contributed by atoms with Crippen molar-refractivity contribution in [3.63, 3.8) is 0 Å². The van der Waals surface area contributed by atoms with Crippen LogP contribution in [-0.2, 0) is 0 Å². The molecule has 2 heterocycles. The summed E-state index contributed by atoms with van der Waals surface area (Å²) < 4.78 is 6.01. The first-order valence-electron chi connectivity index (χ1n) is 7.20. The van der Waals surface area contributed by atoms with Crippen LogP contribution in [0.3, 0.4) is 0 Å². The van der Waals surface area contributed by atoms with E-state index in [2.05, 4.69) is 43.5 Å². The fourth-order valence-electron chi connectivity index (χ4n) is 2.66. The minimum atomic E-state index is 0.136. The van der Waals surface area contributed by atoms with Gasteiger partial charge in [0, 0.05) is 29.6 Å². The minimum Gasteiger partial charge on any atom is -0.468 e. The highest BCUT2D eigenvalue weighted by atomic mass is 32.2. The van der Waals surface area contributed by atoms with Crippen LogP contribution in [0.5, 0.6) is 0 Å². The van der Waals surface area contributed by atoms with Crippen molar-refractivity contribution < 1.29 is 4.42 Å². The van der Waals surface area contributed by atoms with Gasteiger partial charge in [0.05, 0.1) is 12.3 Å². The van der Waals surface area contributed by atoms with E-state index in [1.807, 2.05) is 6.07 Å². The normalized spacial score (nSPS) is 23.8. The first kappa shape index (κ1) is 14.9. The summed E-state index contributed by atoms with van der Waals surface area (Å²) in [5.41, 5.74) is 6.35. The quantitative estimate of drug-likeness (QED) is 0.920. The van der Waals surface area contributed by atoms with Crippen LogP contribution in [0.2, 0.25) is 0 Å². The molecule has 19 heavy (non-hydrogen) atoms. The lowest BCUT2D eigenvalue weighted by atomic mass is 10.0. The van der Waals surface area contributed by atoms with Crippen molar-refractivity contribution in [2.45, 2.75) is 50.4 Å². The Bertz CT molecular complexity index is 378. The third kappa shape index (κ3) is 3.77. The maximum Gasteiger partial charge on any atom is 0.122 e. The number of furan rings is 1. The van der Waals surface area contributed by atoms with Crippen molar-refractivity contribution in [2.24, 2.45) is 5.73 Å². The van der Waals surface area contributed by atoms with Gasteiger partial charge >= 0.3 is 0 Å². The first-order chi connectivity index (χ1) is 9.03. The molecule has 2 N–H and O–H groups in total. The van der Waals surface area contributed by atoms with Gasteiger partial charge in [-0.3, -0.25) is 4.90 Å². The van der Waals surface area contributed by atoms with E-state index in [4.69, 9.17) is 10.2 Å². The molecule has 2 atom stereocenters. The zero-order valence-electron chi connectivity index (χ0n) is 12.3. The molecule has 0 bridgehead atoms. The summed E-state index contributed by atoms with van der Waals surface area (Å²) in [5, 5.41) is 0. The van der Waals surface area contributed by atoms with Crippen LogP contribution < -0.4 is 5.73 Å². The van der Waals surface area contributed by atoms with Crippen LogP contribution in [0.4, 0.5) is 0 Å². The summed E-state index contributed by atoms with van der Waals surface area (Å²) in [6.45, 7) is 9.01. The molecule has 4 heteroatoms. The number of rotatable bonds is 4. The van der Waals surface area contributed by atoms with E-state index in [9.17, 15) is 0 Å². The number of nitrogens with two attached hydrogens (primary N) is 1. The first-order valence-corrected chi connectivity index (χ1v) is 8.19. The van der Waals surface area contributed by atoms with Crippen LogP contribution in [0.15, 0.2) is 22.8 Å². The summed E-state index contributed by atoms with van der Waals surface area (Å²) in [5.74, 6) is 2.18.